The molecule has 2 rings (SSSR count). The van der Waals surface area contributed by atoms with Crippen molar-refractivity contribution in [3.8, 4) is 5.75 Å². The molecule has 0 amide bonds. The van der Waals surface area contributed by atoms with E-state index in [1.165, 1.54) is 6.07 Å². The Morgan fingerprint density at radius 2 is 1.84 bits per heavy atom. The third-order valence-electron chi connectivity index (χ3n) is 2.46. The van der Waals surface area contributed by atoms with Crippen LogP contribution in [0, 0.1) is 0 Å². The van der Waals surface area contributed by atoms with Gasteiger partial charge in [-0.2, -0.15) is 0 Å². The Morgan fingerprint density at radius 1 is 1.16 bits per heavy atom. The van der Waals surface area contributed by atoms with E-state index in [0.717, 1.165) is 10.0 Å². The predicted molar refractivity (Wildman–Crippen MR) is 80.1 cm³/mol. The maximum atomic E-state index is 11.3. The van der Waals surface area contributed by atoms with Crippen LogP contribution in [0.4, 0.5) is 0 Å². The maximum Gasteiger partial charge on any atom is 0.256 e. The number of carbonyl (C=O) groups excluding carboxylic acids is 1. The summed E-state index contributed by atoms with van der Waals surface area (Å²) < 4.78 is 6.60. The van der Waals surface area contributed by atoms with Gasteiger partial charge in [-0.1, -0.05) is 39.7 Å². The van der Waals surface area contributed by atoms with Crippen molar-refractivity contribution in [3.63, 3.8) is 0 Å². The van der Waals surface area contributed by atoms with Crippen LogP contribution in [0.5, 0.6) is 5.75 Å². The first-order valence-corrected chi connectivity index (χ1v) is 6.98. The Bertz CT molecular complexity index is 597. The third kappa shape index (κ3) is 3.96. The van der Waals surface area contributed by atoms with E-state index in [4.69, 9.17) is 27.9 Å². The van der Waals surface area contributed by atoms with Gasteiger partial charge in [0.1, 0.15) is 12.4 Å². The summed E-state index contributed by atoms with van der Waals surface area (Å²) in [5, 5.41) is -0.145. The third-order valence-corrected chi connectivity index (χ3v) is 3.43. The lowest BCUT2D eigenvalue weighted by atomic mass is 10.2. The van der Waals surface area contributed by atoms with Gasteiger partial charge < -0.3 is 4.74 Å². The molecule has 0 aliphatic rings. The zero-order valence-electron chi connectivity index (χ0n) is 9.70. The Kier molecular flexibility index (Phi) is 4.86. The van der Waals surface area contributed by atoms with Gasteiger partial charge in [0, 0.05) is 9.50 Å². The Balaban J connectivity index is 2.15. The summed E-state index contributed by atoms with van der Waals surface area (Å²) in [7, 11) is 0. The standard InChI is InChI=1S/C14H9BrCl2O2/c15-10-3-1-9(2-4-10)8-19-13-6-5-11(16)7-12(13)14(17)18/h1-7H,8H2. The monoisotopic (exact) mass is 358 g/mol. The first-order chi connectivity index (χ1) is 9.06. The van der Waals surface area contributed by atoms with Crippen LogP contribution in [-0.4, -0.2) is 5.24 Å². The average Bonchev–Trinajstić information content (AvgIpc) is 2.39. The summed E-state index contributed by atoms with van der Waals surface area (Å²) in [6.07, 6.45) is 0. The molecule has 0 radical (unpaired) electrons. The summed E-state index contributed by atoms with van der Waals surface area (Å²) in [4.78, 5) is 11.3. The summed E-state index contributed by atoms with van der Waals surface area (Å²) in [5.74, 6) is 0.423. The van der Waals surface area contributed by atoms with Crippen LogP contribution in [0.3, 0.4) is 0 Å². The minimum Gasteiger partial charge on any atom is -0.488 e. The molecule has 0 aliphatic carbocycles. The fourth-order valence-electron chi connectivity index (χ4n) is 1.52. The summed E-state index contributed by atoms with van der Waals surface area (Å²) in [5.41, 5.74) is 1.26. The molecule has 98 valence electrons. The molecule has 0 bridgehead atoms. The first kappa shape index (κ1) is 14.4. The highest BCUT2D eigenvalue weighted by atomic mass is 79.9. The Labute approximate surface area is 129 Å². The van der Waals surface area contributed by atoms with Crippen LogP contribution >= 0.6 is 39.1 Å². The SMILES string of the molecule is O=C(Cl)c1cc(Cl)ccc1OCc1ccc(Br)cc1. The van der Waals surface area contributed by atoms with E-state index in [-0.39, 0.29) is 5.56 Å². The van der Waals surface area contributed by atoms with Crippen LogP contribution in [0.25, 0.3) is 0 Å². The van der Waals surface area contributed by atoms with Gasteiger partial charge in [0.05, 0.1) is 5.56 Å². The van der Waals surface area contributed by atoms with Crippen LogP contribution in [0.15, 0.2) is 46.9 Å². The second-order valence-electron chi connectivity index (χ2n) is 3.83. The molecule has 0 N–H and O–H groups in total. The highest BCUT2D eigenvalue weighted by Crippen LogP contribution is 2.25. The van der Waals surface area contributed by atoms with Crippen molar-refractivity contribution in [3.05, 3.63) is 63.1 Å². The van der Waals surface area contributed by atoms with Crippen LogP contribution in [-0.2, 0) is 6.61 Å². The molecule has 0 aromatic heterocycles. The largest absolute Gasteiger partial charge is 0.488 e. The molecule has 0 fully saturated rings. The van der Waals surface area contributed by atoms with Gasteiger partial charge in [0.15, 0.2) is 0 Å². The molecule has 0 aliphatic heterocycles. The zero-order chi connectivity index (χ0) is 13.8. The van der Waals surface area contributed by atoms with Crippen LogP contribution < -0.4 is 4.74 Å². The van der Waals surface area contributed by atoms with Gasteiger partial charge in [-0.3, -0.25) is 4.79 Å². The molecule has 0 saturated carbocycles. The lowest BCUT2D eigenvalue weighted by Crippen LogP contribution is -2.00. The number of carbonyl (C=O) groups is 1. The molecule has 2 aromatic rings. The predicted octanol–water partition coefficient (Wildman–Crippen LogP) is 5.06. The van der Waals surface area contributed by atoms with E-state index in [1.54, 1.807) is 12.1 Å². The van der Waals surface area contributed by atoms with E-state index in [2.05, 4.69) is 15.9 Å². The number of ether oxygens (including phenoxy) is 1. The molecule has 0 spiro atoms. The molecular weight excluding hydrogens is 351 g/mol. The lowest BCUT2D eigenvalue weighted by Gasteiger charge is -2.09. The molecule has 0 saturated heterocycles. The summed E-state index contributed by atoms with van der Waals surface area (Å²) >= 11 is 14.7. The maximum absolute atomic E-state index is 11.3. The molecule has 2 nitrogen and oxygen atoms in total. The summed E-state index contributed by atoms with van der Waals surface area (Å²) in [6.45, 7) is 0.353. The second kappa shape index (κ2) is 6.42. The molecule has 5 heteroatoms. The molecule has 2 aromatic carbocycles. The van der Waals surface area contributed by atoms with Crippen molar-refractivity contribution >= 4 is 44.4 Å². The highest BCUT2D eigenvalue weighted by molar-refractivity contribution is 9.10. The van der Waals surface area contributed by atoms with Crippen molar-refractivity contribution in [2.45, 2.75) is 6.61 Å². The van der Waals surface area contributed by atoms with Gasteiger partial charge in [0.25, 0.3) is 5.24 Å². The van der Waals surface area contributed by atoms with Crippen molar-refractivity contribution in [1.82, 2.24) is 0 Å². The van der Waals surface area contributed by atoms with E-state index >= 15 is 0 Å². The number of hydrogen-bond donors (Lipinski definition) is 0. The van der Waals surface area contributed by atoms with Crippen LogP contribution in [0.1, 0.15) is 15.9 Å². The minimum atomic E-state index is -0.590. The van der Waals surface area contributed by atoms with E-state index in [0.29, 0.717) is 17.4 Å². The Hall–Kier alpha value is -1.03. The number of benzene rings is 2. The fourth-order valence-corrected chi connectivity index (χ4v) is 2.11. The minimum absolute atomic E-state index is 0.270. The van der Waals surface area contributed by atoms with E-state index in [1.807, 2.05) is 24.3 Å². The van der Waals surface area contributed by atoms with Crippen molar-refractivity contribution in [2.24, 2.45) is 0 Å². The number of halogens is 3. The van der Waals surface area contributed by atoms with Gasteiger partial charge in [-0.15, -0.1) is 0 Å². The smallest absolute Gasteiger partial charge is 0.256 e. The lowest BCUT2D eigenvalue weighted by molar-refractivity contribution is 0.107. The Morgan fingerprint density at radius 3 is 2.47 bits per heavy atom. The van der Waals surface area contributed by atoms with Gasteiger partial charge in [0.2, 0.25) is 0 Å². The zero-order valence-corrected chi connectivity index (χ0v) is 12.8. The van der Waals surface area contributed by atoms with Gasteiger partial charge in [-0.25, -0.2) is 0 Å². The van der Waals surface area contributed by atoms with Gasteiger partial charge in [-0.05, 0) is 47.5 Å². The second-order valence-corrected chi connectivity index (χ2v) is 5.52. The fraction of sp³-hybridized carbons (Fsp3) is 0.0714. The normalized spacial score (nSPS) is 10.3. The highest BCUT2D eigenvalue weighted by Gasteiger charge is 2.11. The van der Waals surface area contributed by atoms with Crippen molar-refractivity contribution in [2.75, 3.05) is 0 Å². The average molecular weight is 360 g/mol. The number of rotatable bonds is 4. The summed E-state index contributed by atoms with van der Waals surface area (Å²) in [6, 6.07) is 12.5. The molecule has 0 atom stereocenters. The van der Waals surface area contributed by atoms with Gasteiger partial charge >= 0.3 is 0 Å². The molecular formula is C14H9BrCl2O2. The number of hydrogen-bond acceptors (Lipinski definition) is 2. The first-order valence-electron chi connectivity index (χ1n) is 5.43. The molecule has 0 unspecified atom stereocenters. The van der Waals surface area contributed by atoms with E-state index < -0.39 is 5.24 Å². The molecule has 0 heterocycles. The topological polar surface area (TPSA) is 26.3 Å². The quantitative estimate of drug-likeness (QED) is 0.713. The van der Waals surface area contributed by atoms with E-state index in [9.17, 15) is 4.79 Å². The molecule has 19 heavy (non-hydrogen) atoms. The van der Waals surface area contributed by atoms with Crippen molar-refractivity contribution in [1.29, 1.82) is 0 Å². The van der Waals surface area contributed by atoms with Crippen LogP contribution in [0.2, 0.25) is 5.02 Å². The van der Waals surface area contributed by atoms with Crippen molar-refractivity contribution < 1.29 is 9.53 Å².